The lowest BCUT2D eigenvalue weighted by Crippen LogP contribution is -2.53. The maximum Gasteiger partial charge on any atom is 0.417 e. The van der Waals surface area contributed by atoms with Crippen molar-refractivity contribution < 1.29 is 22.7 Å². The molecule has 0 unspecified atom stereocenters. The molecule has 0 radical (unpaired) electrons. The molecule has 1 aromatic heterocycles. The third-order valence-corrected chi connectivity index (χ3v) is 6.48. The second-order valence-corrected chi connectivity index (χ2v) is 8.77. The van der Waals surface area contributed by atoms with E-state index < -0.39 is 11.7 Å². The summed E-state index contributed by atoms with van der Waals surface area (Å²) in [6, 6.07) is 8.31. The van der Waals surface area contributed by atoms with Gasteiger partial charge >= 0.3 is 6.18 Å². The highest BCUT2D eigenvalue weighted by molar-refractivity contribution is 6.33. The van der Waals surface area contributed by atoms with Gasteiger partial charge in [0.05, 0.1) is 29.8 Å². The summed E-state index contributed by atoms with van der Waals surface area (Å²) >= 11 is 6.08. The van der Waals surface area contributed by atoms with Crippen LogP contribution in [0.5, 0.6) is 0 Å². The number of pyridine rings is 1. The van der Waals surface area contributed by atoms with Crippen molar-refractivity contribution in [2.45, 2.75) is 19.1 Å². The Kier molecular flexibility index (Phi) is 7.49. The number of aromatic nitrogens is 1. The number of amides is 1. The lowest BCUT2D eigenvalue weighted by atomic mass is 10.2. The van der Waals surface area contributed by atoms with Crippen LogP contribution in [0.2, 0.25) is 5.02 Å². The lowest BCUT2D eigenvalue weighted by Gasteiger charge is -2.38. The predicted molar refractivity (Wildman–Crippen MR) is 126 cm³/mol. The van der Waals surface area contributed by atoms with E-state index in [1.807, 2.05) is 41.0 Å². The minimum atomic E-state index is -4.49. The van der Waals surface area contributed by atoms with E-state index in [0.717, 1.165) is 36.7 Å². The highest BCUT2D eigenvalue weighted by Gasteiger charge is 2.33. The van der Waals surface area contributed by atoms with Crippen LogP contribution < -0.4 is 15.1 Å². The number of hydrogen-bond donors (Lipinski definition) is 1. The summed E-state index contributed by atoms with van der Waals surface area (Å²) in [7, 11) is 0. The highest BCUT2D eigenvalue weighted by Crippen LogP contribution is 2.33. The average molecular weight is 498 g/mol. The number of benzene rings is 1. The third-order valence-electron chi connectivity index (χ3n) is 6.20. The minimum absolute atomic E-state index is 0.0328. The van der Waals surface area contributed by atoms with Crippen LogP contribution in [0.4, 0.5) is 30.4 Å². The second-order valence-electron chi connectivity index (χ2n) is 8.36. The van der Waals surface area contributed by atoms with Crippen LogP contribution >= 0.6 is 11.6 Å². The molecule has 2 aliphatic heterocycles. The number of carbonyl (C=O) groups excluding carboxylic acids is 1. The maximum absolute atomic E-state index is 12.9. The average Bonchev–Trinajstić information content (AvgIpc) is 2.84. The summed E-state index contributed by atoms with van der Waals surface area (Å²) in [6.07, 6.45) is -3.69. The minimum Gasteiger partial charge on any atom is -0.378 e. The Balaban J connectivity index is 1.30. The Morgan fingerprint density at radius 1 is 1.06 bits per heavy atom. The fraction of sp³-hybridized carbons (Fsp3) is 0.478. The molecule has 1 atom stereocenters. The lowest BCUT2D eigenvalue weighted by molar-refractivity contribution is -0.137. The zero-order valence-corrected chi connectivity index (χ0v) is 19.6. The number of ether oxygens (including phenoxy) is 1. The summed E-state index contributed by atoms with van der Waals surface area (Å²) in [5.74, 6) is 0.213. The number of nitrogens with one attached hydrogen (secondary N) is 1. The molecule has 184 valence electrons. The number of alkyl halides is 3. The Hall–Kier alpha value is -2.56. The van der Waals surface area contributed by atoms with Gasteiger partial charge in [0.15, 0.2) is 0 Å². The van der Waals surface area contributed by atoms with Gasteiger partial charge < -0.3 is 19.9 Å². The van der Waals surface area contributed by atoms with Gasteiger partial charge in [-0.05, 0) is 37.3 Å². The molecule has 0 bridgehead atoms. The molecular formula is C23H27ClF3N5O2. The molecule has 2 aromatic rings. The Labute approximate surface area is 201 Å². The number of rotatable bonds is 5. The van der Waals surface area contributed by atoms with Crippen LogP contribution in [0.3, 0.4) is 0 Å². The summed E-state index contributed by atoms with van der Waals surface area (Å²) < 4.78 is 43.9. The largest absolute Gasteiger partial charge is 0.417 e. The first-order chi connectivity index (χ1) is 16.2. The standard InChI is InChI=1S/C23H27ClF3N5O2/c1-16(22(33)29-18-2-4-19(5-3-18)31-10-12-34-13-11-31)30-6-8-32(9-7-30)21-20(24)14-17(15-28-21)23(25,26)27/h2-5,14-16H,6-13H2,1H3,(H,29,33)/t16-/m1/s1. The van der Waals surface area contributed by atoms with E-state index in [1.165, 1.54) is 0 Å². The molecule has 1 N–H and O–H groups in total. The van der Waals surface area contributed by atoms with Gasteiger partial charge in [-0.15, -0.1) is 0 Å². The van der Waals surface area contributed by atoms with Gasteiger partial charge in [0.1, 0.15) is 5.82 Å². The van der Waals surface area contributed by atoms with E-state index in [0.29, 0.717) is 45.2 Å². The molecule has 7 nitrogen and oxygen atoms in total. The number of hydrogen-bond acceptors (Lipinski definition) is 6. The molecule has 4 rings (SSSR count). The summed E-state index contributed by atoms with van der Waals surface area (Å²) in [4.78, 5) is 22.9. The first kappa shape index (κ1) is 24.6. The van der Waals surface area contributed by atoms with Crippen LogP contribution in [0.1, 0.15) is 12.5 Å². The third kappa shape index (κ3) is 5.73. The molecule has 34 heavy (non-hydrogen) atoms. The van der Waals surface area contributed by atoms with Gasteiger partial charge in [0, 0.05) is 56.8 Å². The molecule has 2 saturated heterocycles. The normalized spacial score (nSPS) is 18.6. The quantitative estimate of drug-likeness (QED) is 0.679. The molecule has 2 fully saturated rings. The van der Waals surface area contributed by atoms with Crippen molar-refractivity contribution in [3.05, 3.63) is 47.1 Å². The van der Waals surface area contributed by atoms with Gasteiger partial charge in [0.25, 0.3) is 0 Å². The van der Waals surface area contributed by atoms with Gasteiger partial charge in [-0.1, -0.05) is 11.6 Å². The van der Waals surface area contributed by atoms with E-state index in [4.69, 9.17) is 16.3 Å². The Morgan fingerprint density at radius 3 is 2.29 bits per heavy atom. The second kappa shape index (κ2) is 10.4. The maximum atomic E-state index is 12.9. The zero-order valence-electron chi connectivity index (χ0n) is 18.8. The molecule has 2 aliphatic rings. The molecule has 0 saturated carbocycles. The highest BCUT2D eigenvalue weighted by atomic mass is 35.5. The summed E-state index contributed by atoms with van der Waals surface area (Å²) in [5, 5.41) is 2.93. The molecule has 0 spiro atoms. The van der Waals surface area contributed by atoms with Crippen molar-refractivity contribution in [2.24, 2.45) is 0 Å². The molecule has 1 amide bonds. The van der Waals surface area contributed by atoms with E-state index in [9.17, 15) is 18.0 Å². The number of carbonyl (C=O) groups is 1. The number of nitrogens with zero attached hydrogens (tertiary/aromatic N) is 4. The van der Waals surface area contributed by atoms with E-state index >= 15 is 0 Å². The SMILES string of the molecule is C[C@H](C(=O)Nc1ccc(N2CCOCC2)cc1)N1CCN(c2ncc(C(F)(F)F)cc2Cl)CC1. The molecule has 1 aromatic carbocycles. The van der Waals surface area contributed by atoms with Crippen molar-refractivity contribution in [1.82, 2.24) is 9.88 Å². The van der Waals surface area contributed by atoms with Crippen LogP contribution in [-0.4, -0.2) is 74.3 Å². The van der Waals surface area contributed by atoms with Crippen molar-refractivity contribution in [1.29, 1.82) is 0 Å². The summed E-state index contributed by atoms with van der Waals surface area (Å²) in [5.41, 5.74) is 0.956. The van der Waals surface area contributed by atoms with Crippen LogP contribution in [0.25, 0.3) is 0 Å². The predicted octanol–water partition coefficient (Wildman–Crippen LogP) is 3.74. The number of morpholine rings is 1. The molecule has 3 heterocycles. The van der Waals surface area contributed by atoms with Gasteiger partial charge in [0.2, 0.25) is 5.91 Å². The van der Waals surface area contributed by atoms with Crippen molar-refractivity contribution in [3.63, 3.8) is 0 Å². The molecule has 11 heteroatoms. The van der Waals surface area contributed by atoms with Gasteiger partial charge in [-0.25, -0.2) is 4.98 Å². The topological polar surface area (TPSA) is 60.9 Å². The smallest absolute Gasteiger partial charge is 0.378 e. The first-order valence-corrected chi connectivity index (χ1v) is 11.6. The molecular weight excluding hydrogens is 471 g/mol. The zero-order chi connectivity index (χ0) is 24.3. The fourth-order valence-electron chi connectivity index (χ4n) is 4.13. The van der Waals surface area contributed by atoms with Crippen molar-refractivity contribution >= 4 is 34.7 Å². The van der Waals surface area contributed by atoms with Crippen LogP contribution in [0, 0.1) is 0 Å². The van der Waals surface area contributed by atoms with E-state index in [-0.39, 0.29) is 17.0 Å². The van der Waals surface area contributed by atoms with Crippen LogP contribution in [-0.2, 0) is 15.7 Å². The first-order valence-electron chi connectivity index (χ1n) is 11.2. The van der Waals surface area contributed by atoms with Crippen LogP contribution in [0.15, 0.2) is 36.5 Å². The Morgan fingerprint density at radius 2 is 1.71 bits per heavy atom. The van der Waals surface area contributed by atoms with Gasteiger partial charge in [-0.2, -0.15) is 13.2 Å². The van der Waals surface area contributed by atoms with Gasteiger partial charge in [-0.3, -0.25) is 9.69 Å². The van der Waals surface area contributed by atoms with E-state index in [2.05, 4.69) is 15.2 Å². The fourth-order valence-corrected chi connectivity index (χ4v) is 4.41. The summed E-state index contributed by atoms with van der Waals surface area (Å²) in [6.45, 7) is 7.09. The molecule has 0 aliphatic carbocycles. The van der Waals surface area contributed by atoms with Crippen molar-refractivity contribution in [2.75, 3.05) is 67.6 Å². The number of piperazine rings is 1. The van der Waals surface area contributed by atoms with E-state index in [1.54, 1.807) is 0 Å². The van der Waals surface area contributed by atoms with Crippen molar-refractivity contribution in [3.8, 4) is 0 Å². The number of halogens is 4. The Bertz CT molecular complexity index is 991. The monoisotopic (exact) mass is 497 g/mol. The number of anilines is 3.